The molecule has 5 heteroatoms. The molecule has 2 aromatic rings. The Balaban J connectivity index is 2.31. The molecule has 2 rings (SSSR count). The van der Waals surface area contributed by atoms with Crippen LogP contribution in [0.2, 0.25) is 0 Å². The van der Waals surface area contributed by atoms with Crippen molar-refractivity contribution in [2.75, 3.05) is 14.2 Å². The van der Waals surface area contributed by atoms with E-state index in [0.717, 1.165) is 26.9 Å². The van der Waals surface area contributed by atoms with Gasteiger partial charge in [0.15, 0.2) is 0 Å². The number of hydrogen-bond acceptors (Lipinski definition) is 5. The van der Waals surface area contributed by atoms with Gasteiger partial charge in [0, 0.05) is 24.1 Å². The maximum absolute atomic E-state index is 5.71. The Kier molecular flexibility index (Phi) is 4.30. The molecule has 1 heterocycles. The van der Waals surface area contributed by atoms with Crippen molar-refractivity contribution in [3.63, 3.8) is 0 Å². The third-order valence-electron chi connectivity index (χ3n) is 2.58. The summed E-state index contributed by atoms with van der Waals surface area (Å²) in [5.41, 5.74) is 7.71. The van der Waals surface area contributed by atoms with Crippen LogP contribution in [0.4, 0.5) is 0 Å². The predicted molar refractivity (Wildman–Crippen MR) is 72.7 cm³/mol. The summed E-state index contributed by atoms with van der Waals surface area (Å²) in [6.45, 7) is 0.992. The Bertz CT molecular complexity index is 508. The number of thiazole rings is 1. The Morgan fingerprint density at radius 1 is 1.22 bits per heavy atom. The van der Waals surface area contributed by atoms with Crippen molar-refractivity contribution in [2.45, 2.75) is 13.2 Å². The van der Waals surface area contributed by atoms with Crippen molar-refractivity contribution in [1.29, 1.82) is 0 Å². The first-order valence-electron chi connectivity index (χ1n) is 5.60. The zero-order valence-corrected chi connectivity index (χ0v) is 11.3. The van der Waals surface area contributed by atoms with Crippen LogP contribution in [0.1, 0.15) is 10.6 Å². The molecule has 0 unspecified atom stereocenters. The zero-order chi connectivity index (χ0) is 13.0. The molecule has 0 fully saturated rings. The second-order valence-corrected chi connectivity index (χ2v) is 4.84. The molecule has 0 spiro atoms. The van der Waals surface area contributed by atoms with Crippen LogP contribution in [0.5, 0.6) is 5.75 Å². The smallest absolute Gasteiger partial charge is 0.124 e. The first-order chi connectivity index (χ1) is 8.78. The van der Waals surface area contributed by atoms with Crippen molar-refractivity contribution in [3.05, 3.63) is 34.8 Å². The summed E-state index contributed by atoms with van der Waals surface area (Å²) in [6.07, 6.45) is 0. The standard InChI is InChI=1S/C13H16N2O2S/c1-16-8-11-12(7-14)18-13(15-11)9-3-5-10(17-2)6-4-9/h3-6H,7-8,14H2,1-2H3. The number of rotatable bonds is 5. The van der Waals surface area contributed by atoms with E-state index in [9.17, 15) is 0 Å². The summed E-state index contributed by atoms with van der Waals surface area (Å²) in [4.78, 5) is 5.64. The van der Waals surface area contributed by atoms with Gasteiger partial charge in [-0.2, -0.15) is 0 Å². The lowest BCUT2D eigenvalue weighted by Crippen LogP contribution is -1.99. The molecule has 1 aromatic heterocycles. The molecular formula is C13H16N2O2S. The van der Waals surface area contributed by atoms with Crippen molar-refractivity contribution in [2.24, 2.45) is 5.73 Å². The summed E-state index contributed by atoms with van der Waals surface area (Å²) < 4.78 is 10.3. The van der Waals surface area contributed by atoms with E-state index in [0.29, 0.717) is 13.2 Å². The topological polar surface area (TPSA) is 57.4 Å². The quantitative estimate of drug-likeness (QED) is 0.901. The van der Waals surface area contributed by atoms with E-state index in [1.54, 1.807) is 25.6 Å². The van der Waals surface area contributed by atoms with Crippen LogP contribution in [-0.4, -0.2) is 19.2 Å². The molecule has 0 aliphatic heterocycles. The normalized spacial score (nSPS) is 10.6. The van der Waals surface area contributed by atoms with Gasteiger partial charge in [-0.1, -0.05) is 0 Å². The van der Waals surface area contributed by atoms with Gasteiger partial charge in [0.05, 0.1) is 19.4 Å². The molecule has 4 nitrogen and oxygen atoms in total. The number of ether oxygens (including phenoxy) is 2. The lowest BCUT2D eigenvalue weighted by atomic mass is 10.2. The molecule has 0 saturated carbocycles. The second kappa shape index (κ2) is 5.95. The Labute approximate surface area is 110 Å². The van der Waals surface area contributed by atoms with Gasteiger partial charge in [-0.3, -0.25) is 0 Å². The summed E-state index contributed by atoms with van der Waals surface area (Å²) in [7, 11) is 3.31. The number of hydrogen-bond donors (Lipinski definition) is 1. The molecule has 2 N–H and O–H groups in total. The zero-order valence-electron chi connectivity index (χ0n) is 10.5. The molecule has 0 saturated heterocycles. The fourth-order valence-corrected chi connectivity index (χ4v) is 2.60. The van der Waals surface area contributed by atoms with Crippen molar-refractivity contribution < 1.29 is 9.47 Å². The lowest BCUT2D eigenvalue weighted by molar-refractivity contribution is 0.181. The lowest BCUT2D eigenvalue weighted by Gasteiger charge is -2.00. The molecule has 0 amide bonds. The highest BCUT2D eigenvalue weighted by molar-refractivity contribution is 7.15. The number of nitrogens with zero attached hydrogens (tertiary/aromatic N) is 1. The number of nitrogens with two attached hydrogens (primary N) is 1. The Morgan fingerprint density at radius 3 is 2.50 bits per heavy atom. The summed E-state index contributed by atoms with van der Waals surface area (Å²) in [5.74, 6) is 0.839. The van der Waals surface area contributed by atoms with Crippen LogP contribution in [-0.2, 0) is 17.9 Å². The van der Waals surface area contributed by atoms with Crippen molar-refractivity contribution >= 4 is 11.3 Å². The fraction of sp³-hybridized carbons (Fsp3) is 0.308. The van der Waals surface area contributed by atoms with Crippen molar-refractivity contribution in [1.82, 2.24) is 4.98 Å². The first kappa shape index (κ1) is 13.0. The molecule has 0 aliphatic carbocycles. The Morgan fingerprint density at radius 2 is 1.94 bits per heavy atom. The van der Waals surface area contributed by atoms with Crippen LogP contribution in [0.25, 0.3) is 10.6 Å². The second-order valence-electron chi connectivity index (χ2n) is 3.75. The van der Waals surface area contributed by atoms with Gasteiger partial charge < -0.3 is 15.2 Å². The fourth-order valence-electron chi connectivity index (χ4n) is 1.65. The minimum Gasteiger partial charge on any atom is -0.497 e. The van der Waals surface area contributed by atoms with Crippen LogP contribution >= 0.6 is 11.3 Å². The predicted octanol–water partition coefficient (Wildman–Crippen LogP) is 2.42. The van der Waals surface area contributed by atoms with E-state index >= 15 is 0 Å². The molecule has 0 bridgehead atoms. The monoisotopic (exact) mass is 264 g/mol. The summed E-state index contributed by atoms with van der Waals surface area (Å²) >= 11 is 1.61. The minimum atomic E-state index is 0.493. The minimum absolute atomic E-state index is 0.493. The van der Waals surface area contributed by atoms with E-state index < -0.39 is 0 Å². The number of aromatic nitrogens is 1. The highest BCUT2D eigenvalue weighted by Gasteiger charge is 2.11. The van der Waals surface area contributed by atoms with Gasteiger partial charge in [-0.25, -0.2) is 4.98 Å². The van der Waals surface area contributed by atoms with Crippen LogP contribution in [0.15, 0.2) is 24.3 Å². The van der Waals surface area contributed by atoms with E-state index in [2.05, 4.69) is 4.98 Å². The molecule has 0 radical (unpaired) electrons. The average Bonchev–Trinajstić information content (AvgIpc) is 2.82. The van der Waals surface area contributed by atoms with Gasteiger partial charge in [-0.05, 0) is 24.3 Å². The van der Waals surface area contributed by atoms with Crippen LogP contribution in [0.3, 0.4) is 0 Å². The molecule has 96 valence electrons. The van der Waals surface area contributed by atoms with E-state index in [-0.39, 0.29) is 0 Å². The SMILES string of the molecule is COCc1nc(-c2ccc(OC)cc2)sc1CN. The van der Waals surface area contributed by atoms with Crippen LogP contribution < -0.4 is 10.5 Å². The molecule has 0 atom stereocenters. The molecule has 1 aromatic carbocycles. The highest BCUT2D eigenvalue weighted by atomic mass is 32.1. The van der Waals surface area contributed by atoms with E-state index in [1.165, 1.54) is 0 Å². The molecule has 0 aliphatic rings. The average molecular weight is 264 g/mol. The van der Waals surface area contributed by atoms with Crippen molar-refractivity contribution in [3.8, 4) is 16.3 Å². The van der Waals surface area contributed by atoms with E-state index in [1.807, 2.05) is 24.3 Å². The largest absolute Gasteiger partial charge is 0.497 e. The van der Waals surface area contributed by atoms with Gasteiger partial charge in [0.25, 0.3) is 0 Å². The van der Waals surface area contributed by atoms with Gasteiger partial charge in [-0.15, -0.1) is 11.3 Å². The summed E-state index contributed by atoms with van der Waals surface area (Å²) in [6, 6.07) is 7.84. The van der Waals surface area contributed by atoms with Gasteiger partial charge in [0.1, 0.15) is 10.8 Å². The number of benzene rings is 1. The van der Waals surface area contributed by atoms with E-state index in [4.69, 9.17) is 15.2 Å². The van der Waals surface area contributed by atoms with Gasteiger partial charge >= 0.3 is 0 Å². The Hall–Kier alpha value is -1.43. The maximum Gasteiger partial charge on any atom is 0.124 e. The number of methoxy groups -OCH3 is 2. The molecule has 18 heavy (non-hydrogen) atoms. The highest BCUT2D eigenvalue weighted by Crippen LogP contribution is 2.29. The molecular weight excluding hydrogens is 248 g/mol. The third-order valence-corrected chi connectivity index (χ3v) is 3.75. The summed E-state index contributed by atoms with van der Waals surface area (Å²) in [5, 5.41) is 0.963. The van der Waals surface area contributed by atoms with Crippen LogP contribution in [0, 0.1) is 0 Å². The third kappa shape index (κ3) is 2.69. The first-order valence-corrected chi connectivity index (χ1v) is 6.42. The maximum atomic E-state index is 5.71. The van der Waals surface area contributed by atoms with Gasteiger partial charge in [0.2, 0.25) is 0 Å².